The molecule has 0 aromatic heterocycles. The molecule has 1 aliphatic rings. The molecule has 5 heteroatoms. The van der Waals surface area contributed by atoms with Crippen LogP contribution < -0.4 is 10.1 Å². The molecule has 0 bridgehead atoms. The molecule has 1 aromatic carbocycles. The van der Waals surface area contributed by atoms with Crippen LogP contribution in [0.25, 0.3) is 0 Å². The van der Waals surface area contributed by atoms with Crippen LogP contribution >= 0.6 is 0 Å². The maximum atomic E-state index is 12.5. The summed E-state index contributed by atoms with van der Waals surface area (Å²) in [7, 11) is 1.58. The Morgan fingerprint density at radius 2 is 2.13 bits per heavy atom. The van der Waals surface area contributed by atoms with Crippen LogP contribution in [0.15, 0.2) is 18.2 Å². The van der Waals surface area contributed by atoms with Gasteiger partial charge in [-0.25, -0.2) is 0 Å². The highest BCUT2D eigenvalue weighted by Gasteiger charge is 2.41. The average Bonchev–Trinajstić information content (AvgIpc) is 3.06. The van der Waals surface area contributed by atoms with Crippen molar-refractivity contribution in [3.8, 4) is 11.8 Å². The number of hydrogen-bond donors (Lipinski definition) is 1. The molecule has 1 fully saturated rings. The molecule has 0 radical (unpaired) electrons. The first-order valence-corrected chi connectivity index (χ1v) is 8.19. The van der Waals surface area contributed by atoms with E-state index in [-0.39, 0.29) is 5.91 Å². The quantitative estimate of drug-likeness (QED) is 0.780. The van der Waals surface area contributed by atoms with E-state index >= 15 is 0 Å². The highest BCUT2D eigenvalue weighted by atomic mass is 16.5. The molecule has 124 valence electrons. The Morgan fingerprint density at radius 3 is 2.74 bits per heavy atom. The van der Waals surface area contributed by atoms with E-state index in [0.29, 0.717) is 23.6 Å². The smallest absolute Gasteiger partial charge is 0.256 e. The predicted octanol–water partition coefficient (Wildman–Crippen LogP) is 3.63. The summed E-state index contributed by atoms with van der Waals surface area (Å²) in [6.45, 7) is 2.67. The van der Waals surface area contributed by atoms with Gasteiger partial charge in [0.1, 0.15) is 17.4 Å². The van der Waals surface area contributed by atoms with E-state index in [9.17, 15) is 10.1 Å². The van der Waals surface area contributed by atoms with Crippen molar-refractivity contribution in [2.24, 2.45) is 0 Å². The van der Waals surface area contributed by atoms with E-state index in [1.54, 1.807) is 25.3 Å². The molecule has 1 saturated carbocycles. The van der Waals surface area contributed by atoms with Gasteiger partial charge >= 0.3 is 0 Å². The van der Waals surface area contributed by atoms with Gasteiger partial charge in [-0.05, 0) is 50.3 Å². The number of nitriles is 1. The van der Waals surface area contributed by atoms with Crippen LogP contribution in [-0.4, -0.2) is 25.2 Å². The third-order valence-corrected chi connectivity index (χ3v) is 4.33. The molecule has 2 rings (SSSR count). The molecule has 0 unspecified atom stereocenters. The number of hydrogen-bond acceptors (Lipinski definition) is 4. The van der Waals surface area contributed by atoms with Gasteiger partial charge in [0.2, 0.25) is 0 Å². The Labute approximate surface area is 137 Å². The lowest BCUT2D eigenvalue weighted by molar-refractivity contribution is -0.136. The van der Waals surface area contributed by atoms with Crippen molar-refractivity contribution >= 4 is 11.6 Å². The van der Waals surface area contributed by atoms with Gasteiger partial charge in [-0.3, -0.25) is 4.79 Å². The van der Waals surface area contributed by atoms with Gasteiger partial charge in [-0.15, -0.1) is 0 Å². The largest absolute Gasteiger partial charge is 0.492 e. The molecule has 0 saturated heterocycles. The molecular formula is C18H24N2O3. The lowest BCUT2D eigenvalue weighted by Crippen LogP contribution is -2.42. The van der Waals surface area contributed by atoms with Gasteiger partial charge in [0.05, 0.1) is 12.2 Å². The molecule has 23 heavy (non-hydrogen) atoms. The summed E-state index contributed by atoms with van der Waals surface area (Å²) in [5, 5.41) is 12.1. The number of nitrogens with one attached hydrogen (secondary N) is 1. The monoisotopic (exact) mass is 316 g/mol. The third kappa shape index (κ3) is 4.02. The highest BCUT2D eigenvalue weighted by Crippen LogP contribution is 2.34. The summed E-state index contributed by atoms with van der Waals surface area (Å²) in [5.74, 6) is 0.419. The van der Waals surface area contributed by atoms with Gasteiger partial charge in [-0.2, -0.15) is 5.26 Å². The summed E-state index contributed by atoms with van der Waals surface area (Å²) in [4.78, 5) is 12.5. The second-order valence-electron chi connectivity index (χ2n) is 5.88. The Kier molecular flexibility index (Phi) is 6.00. The minimum absolute atomic E-state index is 0.138. The zero-order chi connectivity index (χ0) is 16.7. The van der Waals surface area contributed by atoms with Gasteiger partial charge in [0.25, 0.3) is 5.91 Å². The molecule has 0 aliphatic heterocycles. The second kappa shape index (κ2) is 7.98. The number of benzene rings is 1. The van der Waals surface area contributed by atoms with Crippen molar-refractivity contribution in [1.82, 2.24) is 0 Å². The standard InChI is InChI=1S/C18H24N2O3/c1-3-4-11-23-16-8-7-15(12-14(16)13-19)20-17(21)18(22-2)9-5-6-10-18/h7-8,12H,3-6,9-11H2,1-2H3,(H,20,21). The van der Waals surface area contributed by atoms with Crippen molar-refractivity contribution in [1.29, 1.82) is 5.26 Å². The number of nitrogens with zero attached hydrogens (tertiary/aromatic N) is 1. The van der Waals surface area contributed by atoms with E-state index in [1.807, 2.05) is 0 Å². The molecule has 1 aromatic rings. The third-order valence-electron chi connectivity index (χ3n) is 4.33. The number of anilines is 1. The maximum absolute atomic E-state index is 12.5. The molecule has 0 heterocycles. The number of ether oxygens (including phenoxy) is 2. The van der Waals surface area contributed by atoms with Crippen LogP contribution in [-0.2, 0) is 9.53 Å². The van der Waals surface area contributed by atoms with Crippen molar-refractivity contribution in [3.63, 3.8) is 0 Å². The average molecular weight is 316 g/mol. The normalized spacial score (nSPS) is 15.9. The summed E-state index contributed by atoms with van der Waals surface area (Å²) in [6.07, 6.45) is 5.44. The van der Waals surface area contributed by atoms with E-state index < -0.39 is 5.60 Å². The minimum atomic E-state index is -0.733. The lowest BCUT2D eigenvalue weighted by atomic mass is 10.0. The van der Waals surface area contributed by atoms with Crippen molar-refractivity contribution in [2.45, 2.75) is 51.0 Å². The predicted molar refractivity (Wildman–Crippen MR) is 88.4 cm³/mol. The molecule has 1 aliphatic carbocycles. The van der Waals surface area contributed by atoms with Crippen LogP contribution in [0.5, 0.6) is 5.75 Å². The van der Waals surface area contributed by atoms with Crippen molar-refractivity contribution in [3.05, 3.63) is 23.8 Å². The zero-order valence-corrected chi connectivity index (χ0v) is 13.9. The lowest BCUT2D eigenvalue weighted by Gasteiger charge is -2.26. The van der Waals surface area contributed by atoms with Gasteiger partial charge in [-0.1, -0.05) is 13.3 Å². The van der Waals surface area contributed by atoms with Crippen LogP contribution in [0.2, 0.25) is 0 Å². The van der Waals surface area contributed by atoms with Gasteiger partial charge in [0, 0.05) is 12.8 Å². The van der Waals surface area contributed by atoms with Crippen molar-refractivity contribution < 1.29 is 14.3 Å². The molecule has 1 amide bonds. The van der Waals surface area contributed by atoms with E-state index in [1.165, 1.54) is 0 Å². The summed E-state index contributed by atoms with van der Waals surface area (Å²) in [5.41, 5.74) is 0.290. The molecule has 0 atom stereocenters. The maximum Gasteiger partial charge on any atom is 0.256 e. The van der Waals surface area contributed by atoms with Crippen LogP contribution in [0.3, 0.4) is 0 Å². The van der Waals surface area contributed by atoms with E-state index in [0.717, 1.165) is 38.5 Å². The fraction of sp³-hybridized carbons (Fsp3) is 0.556. The number of rotatable bonds is 7. The van der Waals surface area contributed by atoms with Gasteiger partial charge in [0.15, 0.2) is 0 Å². The molecular weight excluding hydrogens is 292 g/mol. The summed E-state index contributed by atoms with van der Waals surface area (Å²) >= 11 is 0. The van der Waals surface area contributed by atoms with Crippen LogP contribution in [0.4, 0.5) is 5.69 Å². The fourth-order valence-electron chi connectivity index (χ4n) is 2.86. The second-order valence-corrected chi connectivity index (χ2v) is 5.88. The Balaban J connectivity index is 2.08. The number of carbonyl (C=O) groups excluding carboxylic acids is 1. The SMILES string of the molecule is CCCCOc1ccc(NC(=O)C2(OC)CCCC2)cc1C#N. The first kappa shape index (κ1) is 17.3. The molecule has 5 nitrogen and oxygen atoms in total. The first-order chi connectivity index (χ1) is 11.1. The number of amides is 1. The Morgan fingerprint density at radius 1 is 1.39 bits per heavy atom. The van der Waals surface area contributed by atoms with Crippen LogP contribution in [0.1, 0.15) is 51.0 Å². The van der Waals surface area contributed by atoms with E-state index in [4.69, 9.17) is 9.47 Å². The van der Waals surface area contributed by atoms with Crippen molar-refractivity contribution in [2.75, 3.05) is 19.0 Å². The fourth-order valence-corrected chi connectivity index (χ4v) is 2.86. The van der Waals surface area contributed by atoms with E-state index in [2.05, 4.69) is 18.3 Å². The van der Waals surface area contributed by atoms with Gasteiger partial charge < -0.3 is 14.8 Å². The number of methoxy groups -OCH3 is 1. The molecule has 0 spiro atoms. The molecule has 1 N–H and O–H groups in total. The summed E-state index contributed by atoms with van der Waals surface area (Å²) in [6, 6.07) is 7.27. The number of carbonyl (C=O) groups is 1. The minimum Gasteiger partial charge on any atom is -0.492 e. The number of unbranched alkanes of at least 4 members (excludes halogenated alkanes) is 1. The highest BCUT2D eigenvalue weighted by molar-refractivity contribution is 5.97. The zero-order valence-electron chi connectivity index (χ0n) is 13.9. The Hall–Kier alpha value is -2.06. The first-order valence-electron chi connectivity index (χ1n) is 8.19. The Bertz CT molecular complexity index is 586. The summed E-state index contributed by atoms with van der Waals surface area (Å²) < 4.78 is 11.1. The topological polar surface area (TPSA) is 71.3 Å². The van der Waals surface area contributed by atoms with Crippen LogP contribution in [0, 0.1) is 11.3 Å².